The fraction of sp³-hybridized carbons (Fsp3) is 0.208. The van der Waals surface area contributed by atoms with E-state index in [0.29, 0.717) is 34.4 Å². The molecule has 0 aliphatic heterocycles. The number of esters is 1. The molecule has 31 heavy (non-hydrogen) atoms. The second-order valence-electron chi connectivity index (χ2n) is 7.16. The van der Waals surface area contributed by atoms with E-state index in [0.717, 1.165) is 28.8 Å². The monoisotopic (exact) mass is 418 g/mol. The summed E-state index contributed by atoms with van der Waals surface area (Å²) >= 11 is 0. The number of carbonyl (C=O) groups is 2. The number of nitrogens with zero attached hydrogens (tertiary/aromatic N) is 1. The van der Waals surface area contributed by atoms with Crippen LogP contribution in [0.4, 0.5) is 0 Å². The number of hydrogen-bond donors (Lipinski definition) is 1. The Morgan fingerprint density at radius 3 is 2.58 bits per heavy atom. The van der Waals surface area contributed by atoms with Gasteiger partial charge in [0.15, 0.2) is 18.1 Å². The molecule has 1 aliphatic carbocycles. The quantitative estimate of drug-likeness (QED) is 0.616. The van der Waals surface area contributed by atoms with Gasteiger partial charge in [-0.15, -0.1) is 0 Å². The standard InChI is InChI=1S/C24H22N2O5/c1-29-19-10-7-14(12-20(19)30-2)11-15-8-9-17-22(24(28)31-13-21(25)27)16-5-3-4-6-18(16)26-23(15)17/h3-7,10-12H,8-9,13H2,1-2H3,(H2,25,27)/b15-11+. The molecule has 1 amide bonds. The molecule has 158 valence electrons. The van der Waals surface area contributed by atoms with Crippen LogP contribution in [0, 0.1) is 0 Å². The Morgan fingerprint density at radius 1 is 1.06 bits per heavy atom. The molecule has 0 bridgehead atoms. The topological polar surface area (TPSA) is 101 Å². The molecule has 4 rings (SSSR count). The van der Waals surface area contributed by atoms with Crippen LogP contribution < -0.4 is 15.2 Å². The van der Waals surface area contributed by atoms with E-state index >= 15 is 0 Å². The normalized spacial score (nSPS) is 13.8. The molecule has 2 N–H and O–H groups in total. The number of benzene rings is 2. The molecule has 0 radical (unpaired) electrons. The summed E-state index contributed by atoms with van der Waals surface area (Å²) in [5, 5.41) is 0.697. The van der Waals surface area contributed by atoms with E-state index in [-0.39, 0.29) is 0 Å². The van der Waals surface area contributed by atoms with Gasteiger partial charge in [-0.1, -0.05) is 24.3 Å². The molecule has 0 unspecified atom stereocenters. The predicted molar refractivity (Wildman–Crippen MR) is 117 cm³/mol. The fourth-order valence-electron chi connectivity index (χ4n) is 3.86. The molecule has 1 aromatic heterocycles. The van der Waals surface area contributed by atoms with Gasteiger partial charge in [-0.05, 0) is 53.8 Å². The van der Waals surface area contributed by atoms with E-state index in [1.165, 1.54) is 0 Å². The van der Waals surface area contributed by atoms with E-state index in [1.807, 2.05) is 48.5 Å². The Kier molecular flexibility index (Phi) is 5.58. The number of fused-ring (bicyclic) bond motifs is 2. The predicted octanol–water partition coefficient (Wildman–Crippen LogP) is 3.38. The largest absolute Gasteiger partial charge is 0.493 e. The van der Waals surface area contributed by atoms with Crippen molar-refractivity contribution in [3.8, 4) is 11.5 Å². The van der Waals surface area contributed by atoms with Gasteiger partial charge in [-0.3, -0.25) is 4.79 Å². The first kappa shape index (κ1) is 20.4. The minimum absolute atomic E-state index is 0.442. The molecule has 0 saturated heterocycles. The second-order valence-corrected chi connectivity index (χ2v) is 7.16. The third kappa shape index (κ3) is 3.94. The summed E-state index contributed by atoms with van der Waals surface area (Å²) in [6, 6.07) is 13.1. The number of primary amides is 1. The van der Waals surface area contributed by atoms with E-state index < -0.39 is 18.5 Å². The molecular formula is C24H22N2O5. The average Bonchev–Trinajstić information content (AvgIpc) is 3.17. The van der Waals surface area contributed by atoms with E-state index in [9.17, 15) is 9.59 Å². The van der Waals surface area contributed by atoms with Crippen molar-refractivity contribution in [3.63, 3.8) is 0 Å². The van der Waals surface area contributed by atoms with E-state index in [2.05, 4.69) is 0 Å². The zero-order chi connectivity index (χ0) is 22.0. The Balaban J connectivity index is 1.81. The van der Waals surface area contributed by atoms with Crippen molar-refractivity contribution < 1.29 is 23.8 Å². The highest BCUT2D eigenvalue weighted by molar-refractivity contribution is 6.07. The van der Waals surface area contributed by atoms with Crippen molar-refractivity contribution in [1.82, 2.24) is 4.98 Å². The summed E-state index contributed by atoms with van der Waals surface area (Å²) in [5.41, 5.74) is 9.80. The molecule has 2 aromatic carbocycles. The van der Waals surface area contributed by atoms with Crippen molar-refractivity contribution in [2.24, 2.45) is 5.73 Å². The van der Waals surface area contributed by atoms with Gasteiger partial charge in [0.25, 0.3) is 5.91 Å². The summed E-state index contributed by atoms with van der Waals surface area (Å²) in [7, 11) is 3.19. The lowest BCUT2D eigenvalue weighted by Crippen LogP contribution is -2.21. The molecule has 0 atom stereocenters. The molecule has 3 aromatic rings. The minimum Gasteiger partial charge on any atom is -0.493 e. The maximum Gasteiger partial charge on any atom is 0.339 e. The van der Waals surface area contributed by atoms with Crippen molar-refractivity contribution in [2.45, 2.75) is 12.8 Å². The fourth-order valence-corrected chi connectivity index (χ4v) is 3.86. The van der Waals surface area contributed by atoms with Gasteiger partial charge in [0.05, 0.1) is 31.0 Å². The molecule has 7 nitrogen and oxygen atoms in total. The van der Waals surface area contributed by atoms with Crippen molar-refractivity contribution in [1.29, 1.82) is 0 Å². The van der Waals surface area contributed by atoms with Crippen molar-refractivity contribution in [3.05, 3.63) is 64.8 Å². The van der Waals surface area contributed by atoms with E-state index in [4.69, 9.17) is 24.9 Å². The SMILES string of the molecule is COc1ccc(/C=C2\CCc3c2nc2ccccc2c3C(=O)OCC(N)=O)cc1OC. The van der Waals surface area contributed by atoms with Crippen LogP contribution >= 0.6 is 0 Å². The first-order valence-electron chi connectivity index (χ1n) is 9.82. The summed E-state index contributed by atoms with van der Waals surface area (Å²) in [6.07, 6.45) is 3.41. The zero-order valence-corrected chi connectivity index (χ0v) is 17.3. The van der Waals surface area contributed by atoms with Gasteiger partial charge >= 0.3 is 5.97 Å². The highest BCUT2D eigenvalue weighted by Gasteiger charge is 2.27. The molecule has 0 saturated carbocycles. The molecule has 0 spiro atoms. The molecule has 1 aliphatic rings. The number of methoxy groups -OCH3 is 2. The van der Waals surface area contributed by atoms with Gasteiger partial charge in [-0.2, -0.15) is 0 Å². The summed E-state index contributed by atoms with van der Waals surface area (Å²) in [4.78, 5) is 28.7. The Labute approximate surface area is 179 Å². The van der Waals surface area contributed by atoms with Crippen LogP contribution in [0.2, 0.25) is 0 Å². The molecular weight excluding hydrogens is 396 g/mol. The van der Waals surface area contributed by atoms with Crippen LogP contribution in [0.3, 0.4) is 0 Å². The van der Waals surface area contributed by atoms with Crippen molar-refractivity contribution in [2.75, 3.05) is 20.8 Å². The van der Waals surface area contributed by atoms with Gasteiger partial charge in [0, 0.05) is 5.39 Å². The number of rotatable bonds is 6. The van der Waals surface area contributed by atoms with Crippen LogP contribution in [0.5, 0.6) is 11.5 Å². The van der Waals surface area contributed by atoms with Crippen LogP contribution in [0.1, 0.15) is 33.6 Å². The van der Waals surface area contributed by atoms with Crippen LogP contribution in [0.15, 0.2) is 42.5 Å². The lowest BCUT2D eigenvalue weighted by molar-refractivity contribution is -0.121. The smallest absolute Gasteiger partial charge is 0.339 e. The number of aromatic nitrogens is 1. The Morgan fingerprint density at radius 2 is 1.84 bits per heavy atom. The highest BCUT2D eigenvalue weighted by Crippen LogP contribution is 2.38. The second kappa shape index (κ2) is 8.47. The number of pyridine rings is 1. The Bertz CT molecular complexity index is 1220. The third-order valence-corrected chi connectivity index (χ3v) is 5.24. The first-order chi connectivity index (χ1) is 15.0. The number of amides is 1. The Hall–Kier alpha value is -3.87. The van der Waals surface area contributed by atoms with E-state index in [1.54, 1.807) is 14.2 Å². The molecule has 1 heterocycles. The van der Waals surface area contributed by atoms with Gasteiger partial charge in [-0.25, -0.2) is 9.78 Å². The summed E-state index contributed by atoms with van der Waals surface area (Å²) < 4.78 is 15.8. The molecule has 7 heteroatoms. The maximum atomic E-state index is 12.8. The highest BCUT2D eigenvalue weighted by atomic mass is 16.5. The maximum absolute atomic E-state index is 12.8. The summed E-state index contributed by atoms with van der Waals surface area (Å²) in [5.74, 6) is 0.0238. The number of ether oxygens (including phenoxy) is 3. The first-order valence-corrected chi connectivity index (χ1v) is 9.82. The lowest BCUT2D eigenvalue weighted by Gasteiger charge is -2.12. The number of para-hydroxylation sites is 1. The minimum atomic E-state index is -0.697. The number of carbonyl (C=O) groups excluding carboxylic acids is 2. The average molecular weight is 418 g/mol. The van der Waals surface area contributed by atoms with Crippen LogP contribution in [0.25, 0.3) is 22.6 Å². The van der Waals surface area contributed by atoms with Gasteiger partial charge in [0.2, 0.25) is 0 Å². The molecule has 0 fully saturated rings. The lowest BCUT2D eigenvalue weighted by atomic mass is 10.0. The third-order valence-electron chi connectivity index (χ3n) is 5.24. The zero-order valence-electron chi connectivity index (χ0n) is 17.3. The summed E-state index contributed by atoms with van der Waals surface area (Å²) in [6.45, 7) is -0.460. The van der Waals surface area contributed by atoms with Gasteiger partial charge < -0.3 is 19.9 Å². The van der Waals surface area contributed by atoms with Gasteiger partial charge in [0.1, 0.15) is 0 Å². The number of nitrogens with two attached hydrogens (primary N) is 1. The number of hydrogen-bond acceptors (Lipinski definition) is 6. The van der Waals surface area contributed by atoms with Crippen LogP contribution in [-0.4, -0.2) is 37.7 Å². The van der Waals surface area contributed by atoms with Crippen LogP contribution in [-0.2, 0) is 16.0 Å². The number of allylic oxidation sites excluding steroid dienone is 1. The van der Waals surface area contributed by atoms with Crippen molar-refractivity contribution >= 4 is 34.4 Å².